The molecule has 0 unspecified atom stereocenters. The highest BCUT2D eigenvalue weighted by molar-refractivity contribution is 5.78. The summed E-state index contributed by atoms with van der Waals surface area (Å²) < 4.78 is 5.68. The van der Waals surface area contributed by atoms with Gasteiger partial charge in [-0.05, 0) is 37.8 Å². The molecule has 116 valence electrons. The lowest BCUT2D eigenvalue weighted by Gasteiger charge is -2.30. The van der Waals surface area contributed by atoms with Crippen LogP contribution < -0.4 is 0 Å². The first-order chi connectivity index (χ1) is 10.6. The summed E-state index contributed by atoms with van der Waals surface area (Å²) in [6.45, 7) is 5.80. The van der Waals surface area contributed by atoms with Gasteiger partial charge in [0.15, 0.2) is 0 Å². The third-order valence-corrected chi connectivity index (χ3v) is 4.26. The van der Waals surface area contributed by atoms with Gasteiger partial charge in [0.05, 0.1) is 17.7 Å². The number of piperidine rings is 1. The van der Waals surface area contributed by atoms with E-state index in [0.717, 1.165) is 43.1 Å². The van der Waals surface area contributed by atoms with Gasteiger partial charge >= 0.3 is 0 Å². The van der Waals surface area contributed by atoms with Crippen LogP contribution in [0.4, 0.5) is 0 Å². The summed E-state index contributed by atoms with van der Waals surface area (Å²) in [6.07, 6.45) is 5.91. The monoisotopic (exact) mass is 299 g/mol. The third kappa shape index (κ3) is 3.18. The Bertz CT molecular complexity index is 643. The number of nitrogens with zero attached hydrogens (tertiary/aromatic N) is 3. The van der Waals surface area contributed by atoms with Crippen molar-refractivity contribution in [3.8, 4) is 11.5 Å². The fraction of sp³-hybridized carbons (Fsp3) is 0.471. The molecule has 0 atom stereocenters. The molecule has 1 fully saturated rings. The number of hydrogen-bond acceptors (Lipinski definition) is 4. The summed E-state index contributed by atoms with van der Waals surface area (Å²) in [7, 11) is 0. The zero-order valence-corrected chi connectivity index (χ0v) is 13.1. The molecule has 0 radical (unpaired) electrons. The Labute approximate surface area is 130 Å². The maximum Gasteiger partial charge on any atom is 0.228 e. The molecule has 3 rings (SSSR count). The summed E-state index contributed by atoms with van der Waals surface area (Å²) in [5, 5.41) is 0. The van der Waals surface area contributed by atoms with Crippen LogP contribution in [0.15, 0.2) is 28.9 Å². The molecule has 22 heavy (non-hydrogen) atoms. The smallest absolute Gasteiger partial charge is 0.228 e. The number of aryl methyl sites for hydroxylation is 1. The van der Waals surface area contributed by atoms with Crippen molar-refractivity contribution < 1.29 is 9.21 Å². The normalized spacial score (nSPS) is 16.0. The van der Waals surface area contributed by atoms with E-state index in [1.165, 1.54) is 0 Å². The van der Waals surface area contributed by atoms with Gasteiger partial charge in [-0.15, -0.1) is 0 Å². The molecule has 0 spiro atoms. The van der Waals surface area contributed by atoms with Gasteiger partial charge in [-0.3, -0.25) is 9.78 Å². The van der Waals surface area contributed by atoms with E-state index in [2.05, 4.69) is 16.9 Å². The molecule has 3 heterocycles. The number of oxazole rings is 1. The van der Waals surface area contributed by atoms with Crippen molar-refractivity contribution in [2.75, 3.05) is 13.1 Å². The second kappa shape index (κ2) is 6.30. The van der Waals surface area contributed by atoms with Gasteiger partial charge in [0.25, 0.3) is 0 Å². The molecular weight excluding hydrogens is 278 g/mol. The molecule has 2 aromatic heterocycles. The van der Waals surface area contributed by atoms with Crippen LogP contribution in [-0.2, 0) is 11.2 Å². The summed E-state index contributed by atoms with van der Waals surface area (Å²) in [5.74, 6) is 2.09. The van der Waals surface area contributed by atoms with Crippen LogP contribution in [-0.4, -0.2) is 33.9 Å². The highest BCUT2D eigenvalue weighted by Gasteiger charge is 2.22. The Morgan fingerprint density at radius 1 is 1.41 bits per heavy atom. The molecule has 1 saturated heterocycles. The Hall–Kier alpha value is -2.17. The summed E-state index contributed by atoms with van der Waals surface area (Å²) >= 11 is 0. The van der Waals surface area contributed by atoms with Crippen molar-refractivity contribution >= 4 is 5.91 Å². The zero-order valence-electron chi connectivity index (χ0n) is 13.1. The molecule has 5 heteroatoms. The van der Waals surface area contributed by atoms with Crippen LogP contribution in [0.2, 0.25) is 0 Å². The van der Waals surface area contributed by atoms with E-state index >= 15 is 0 Å². The molecule has 0 aliphatic carbocycles. The lowest BCUT2D eigenvalue weighted by atomic mass is 9.99. The van der Waals surface area contributed by atoms with Crippen LogP contribution in [0.1, 0.15) is 31.2 Å². The summed E-state index contributed by atoms with van der Waals surface area (Å²) in [5.41, 5.74) is 1.55. The Balaban J connectivity index is 1.70. The number of amides is 1. The highest BCUT2D eigenvalue weighted by atomic mass is 16.4. The van der Waals surface area contributed by atoms with Gasteiger partial charge in [0.1, 0.15) is 5.76 Å². The first-order valence-corrected chi connectivity index (χ1v) is 7.78. The van der Waals surface area contributed by atoms with E-state index in [1.807, 2.05) is 24.0 Å². The van der Waals surface area contributed by atoms with Crippen molar-refractivity contribution in [3.63, 3.8) is 0 Å². The first-order valence-electron chi connectivity index (χ1n) is 7.78. The van der Waals surface area contributed by atoms with Crippen LogP contribution in [0.3, 0.4) is 0 Å². The second-order valence-electron chi connectivity index (χ2n) is 6.00. The number of hydrogen-bond donors (Lipinski definition) is 0. The third-order valence-electron chi connectivity index (χ3n) is 4.26. The molecule has 0 aromatic carbocycles. The van der Waals surface area contributed by atoms with Crippen molar-refractivity contribution in [1.82, 2.24) is 14.9 Å². The van der Waals surface area contributed by atoms with E-state index in [1.54, 1.807) is 12.4 Å². The van der Waals surface area contributed by atoms with Crippen molar-refractivity contribution in [2.45, 2.75) is 33.1 Å². The number of pyridine rings is 1. The minimum Gasteiger partial charge on any atom is -0.441 e. The van der Waals surface area contributed by atoms with Gasteiger partial charge in [-0.2, -0.15) is 0 Å². The fourth-order valence-electron chi connectivity index (χ4n) is 2.72. The molecule has 1 amide bonds. The molecule has 0 bridgehead atoms. The topological polar surface area (TPSA) is 59.2 Å². The Morgan fingerprint density at radius 2 is 2.18 bits per heavy atom. The first kappa shape index (κ1) is 14.8. The predicted molar refractivity (Wildman–Crippen MR) is 83.2 cm³/mol. The van der Waals surface area contributed by atoms with E-state index in [4.69, 9.17) is 4.42 Å². The lowest BCUT2D eigenvalue weighted by molar-refractivity contribution is -0.131. The van der Waals surface area contributed by atoms with Crippen LogP contribution in [0.25, 0.3) is 11.5 Å². The van der Waals surface area contributed by atoms with E-state index in [-0.39, 0.29) is 5.91 Å². The van der Waals surface area contributed by atoms with E-state index in [9.17, 15) is 4.79 Å². The average Bonchev–Trinajstić information content (AvgIpc) is 2.90. The van der Waals surface area contributed by atoms with Crippen LogP contribution in [0, 0.1) is 12.8 Å². The largest absolute Gasteiger partial charge is 0.441 e. The molecule has 0 saturated carbocycles. The molecule has 2 aromatic rings. The maximum atomic E-state index is 12.4. The van der Waals surface area contributed by atoms with Crippen LogP contribution in [0.5, 0.6) is 0 Å². The van der Waals surface area contributed by atoms with E-state index < -0.39 is 0 Å². The minimum absolute atomic E-state index is 0.140. The second-order valence-corrected chi connectivity index (χ2v) is 6.00. The number of aromatic nitrogens is 2. The molecule has 0 N–H and O–H groups in total. The van der Waals surface area contributed by atoms with Gasteiger partial charge in [-0.1, -0.05) is 6.92 Å². The van der Waals surface area contributed by atoms with Crippen molar-refractivity contribution in [2.24, 2.45) is 5.92 Å². The number of carbonyl (C=O) groups is 1. The standard InChI is InChI=1S/C17H21N3O2/c1-12-5-8-20(9-6-12)16(21)10-15-13(2)22-17(19-15)14-4-3-7-18-11-14/h3-4,7,11-12H,5-6,8-10H2,1-2H3. The number of carbonyl (C=O) groups excluding carboxylic acids is 1. The molecular formula is C17H21N3O2. The number of rotatable bonds is 3. The predicted octanol–water partition coefficient (Wildman–Crippen LogP) is 2.85. The van der Waals surface area contributed by atoms with Gasteiger partial charge < -0.3 is 9.32 Å². The zero-order chi connectivity index (χ0) is 15.5. The molecule has 1 aliphatic heterocycles. The quantitative estimate of drug-likeness (QED) is 0.874. The fourth-order valence-corrected chi connectivity index (χ4v) is 2.72. The van der Waals surface area contributed by atoms with Gasteiger partial charge in [0, 0.05) is 25.5 Å². The Kier molecular flexibility index (Phi) is 4.22. The SMILES string of the molecule is Cc1oc(-c2cccnc2)nc1CC(=O)N1CCC(C)CC1. The average molecular weight is 299 g/mol. The van der Waals surface area contributed by atoms with E-state index in [0.29, 0.717) is 18.1 Å². The summed E-state index contributed by atoms with van der Waals surface area (Å²) in [4.78, 5) is 22.9. The molecule has 1 aliphatic rings. The number of likely N-dealkylation sites (tertiary alicyclic amines) is 1. The minimum atomic E-state index is 0.140. The van der Waals surface area contributed by atoms with Crippen molar-refractivity contribution in [3.05, 3.63) is 36.0 Å². The van der Waals surface area contributed by atoms with Crippen LogP contribution >= 0.6 is 0 Å². The summed E-state index contributed by atoms with van der Waals surface area (Å²) in [6, 6.07) is 3.74. The highest BCUT2D eigenvalue weighted by Crippen LogP contribution is 2.22. The van der Waals surface area contributed by atoms with Crippen molar-refractivity contribution in [1.29, 1.82) is 0 Å². The maximum absolute atomic E-state index is 12.4. The Morgan fingerprint density at radius 3 is 2.86 bits per heavy atom. The lowest BCUT2D eigenvalue weighted by Crippen LogP contribution is -2.38. The molecule has 5 nitrogen and oxygen atoms in total. The van der Waals surface area contributed by atoms with Gasteiger partial charge in [0.2, 0.25) is 11.8 Å². The van der Waals surface area contributed by atoms with Gasteiger partial charge in [-0.25, -0.2) is 4.98 Å².